The molecule has 1 aliphatic rings. The normalized spacial score (nSPS) is 17.9. The number of cyclic esters (lactones) is 1. The second kappa shape index (κ2) is 19.5. The molecule has 3 N–H and O–H groups in total. The van der Waals surface area contributed by atoms with Crippen LogP contribution in [-0.4, -0.2) is 46.7 Å². The van der Waals surface area contributed by atoms with Crippen molar-refractivity contribution >= 4 is 5.97 Å². The number of aliphatic hydroxyl groups is 3. The summed E-state index contributed by atoms with van der Waals surface area (Å²) in [6, 6.07) is 0. The van der Waals surface area contributed by atoms with Crippen molar-refractivity contribution in [3.05, 3.63) is 69.8 Å². The highest BCUT2D eigenvalue weighted by Crippen LogP contribution is 2.25. The molecule has 0 saturated heterocycles. The molecule has 0 aromatic rings. The van der Waals surface area contributed by atoms with Crippen LogP contribution in [0.2, 0.25) is 0 Å². The van der Waals surface area contributed by atoms with Crippen LogP contribution in [-0.2, 0) is 14.3 Å². The molecule has 0 amide bonds. The molecule has 220 valence electrons. The molecule has 0 radical (unpaired) electrons. The summed E-state index contributed by atoms with van der Waals surface area (Å²) in [7, 11) is 0. The first-order chi connectivity index (χ1) is 18.5. The van der Waals surface area contributed by atoms with Gasteiger partial charge in [-0.3, -0.25) is 0 Å². The third kappa shape index (κ3) is 15.0. The van der Waals surface area contributed by atoms with Gasteiger partial charge in [-0.2, -0.15) is 0 Å². The van der Waals surface area contributed by atoms with Gasteiger partial charge < -0.3 is 24.8 Å². The number of aliphatic hydroxyl groups excluding tert-OH is 3. The lowest BCUT2D eigenvalue weighted by Gasteiger charge is -2.18. The van der Waals surface area contributed by atoms with E-state index in [-0.39, 0.29) is 12.4 Å². The Hall–Kier alpha value is -2.57. The zero-order valence-corrected chi connectivity index (χ0v) is 25.1. The molecule has 6 heteroatoms. The second-order valence-electron chi connectivity index (χ2n) is 10.9. The van der Waals surface area contributed by atoms with E-state index in [0.29, 0.717) is 6.42 Å². The maximum Gasteiger partial charge on any atom is 0.378 e. The molecule has 0 bridgehead atoms. The van der Waals surface area contributed by atoms with Crippen LogP contribution >= 0.6 is 0 Å². The Morgan fingerprint density at radius 3 is 1.74 bits per heavy atom. The van der Waals surface area contributed by atoms with Gasteiger partial charge in [0.15, 0.2) is 11.9 Å². The van der Waals surface area contributed by atoms with Crippen LogP contribution in [0.5, 0.6) is 0 Å². The monoisotopic (exact) mass is 544 g/mol. The van der Waals surface area contributed by atoms with Gasteiger partial charge in [0.2, 0.25) is 5.76 Å². The van der Waals surface area contributed by atoms with Gasteiger partial charge in [0.25, 0.3) is 0 Å². The van der Waals surface area contributed by atoms with Gasteiger partial charge in [-0.15, -0.1) is 0 Å². The molecule has 0 fully saturated rings. The summed E-state index contributed by atoms with van der Waals surface area (Å²) >= 11 is 0. The Morgan fingerprint density at radius 2 is 1.26 bits per heavy atom. The first-order valence-electron chi connectivity index (χ1n) is 14.4. The minimum absolute atomic E-state index is 0.105. The second-order valence-corrected chi connectivity index (χ2v) is 10.9. The van der Waals surface area contributed by atoms with Crippen LogP contribution in [0.15, 0.2) is 69.8 Å². The van der Waals surface area contributed by atoms with E-state index in [1.54, 1.807) is 0 Å². The molecule has 1 rings (SSSR count). The molecule has 0 spiro atoms. The average Bonchev–Trinajstić information content (AvgIpc) is 3.17. The summed E-state index contributed by atoms with van der Waals surface area (Å²) in [5.41, 5.74) is 7.01. The van der Waals surface area contributed by atoms with Gasteiger partial charge in [0.1, 0.15) is 6.10 Å². The van der Waals surface area contributed by atoms with Gasteiger partial charge in [-0.05, 0) is 106 Å². The predicted molar refractivity (Wildman–Crippen MR) is 159 cm³/mol. The van der Waals surface area contributed by atoms with Crippen molar-refractivity contribution in [2.75, 3.05) is 13.2 Å². The molecular weight excluding hydrogens is 492 g/mol. The van der Waals surface area contributed by atoms with Gasteiger partial charge in [-0.25, -0.2) is 4.79 Å². The van der Waals surface area contributed by atoms with Gasteiger partial charge in [-0.1, -0.05) is 58.2 Å². The van der Waals surface area contributed by atoms with Crippen LogP contribution < -0.4 is 0 Å². The number of unbranched alkanes of at least 4 members (excludes halogenated alkanes) is 1. The molecule has 0 unspecified atom stereocenters. The molecule has 39 heavy (non-hydrogen) atoms. The Morgan fingerprint density at radius 1 is 0.795 bits per heavy atom. The Kier molecular flexibility index (Phi) is 17.2. The Bertz CT molecular complexity index is 943. The van der Waals surface area contributed by atoms with E-state index >= 15 is 0 Å². The maximum atomic E-state index is 11.5. The van der Waals surface area contributed by atoms with E-state index in [9.17, 15) is 15.0 Å². The summed E-state index contributed by atoms with van der Waals surface area (Å²) in [4.78, 5) is 11.5. The number of esters is 1. The highest BCUT2D eigenvalue weighted by atomic mass is 16.6. The van der Waals surface area contributed by atoms with Crippen molar-refractivity contribution in [1.29, 1.82) is 0 Å². The molecule has 0 saturated carbocycles. The first-order valence-corrected chi connectivity index (χ1v) is 14.4. The van der Waals surface area contributed by atoms with Crippen molar-refractivity contribution in [2.24, 2.45) is 0 Å². The van der Waals surface area contributed by atoms with Gasteiger partial charge in [0.05, 0.1) is 13.2 Å². The van der Waals surface area contributed by atoms with E-state index in [0.717, 1.165) is 57.8 Å². The number of carbonyl (C=O) groups excluding carboxylic acids is 1. The van der Waals surface area contributed by atoms with Crippen LogP contribution in [0.3, 0.4) is 0 Å². The van der Waals surface area contributed by atoms with Crippen molar-refractivity contribution in [3.63, 3.8) is 0 Å². The number of allylic oxidation sites excluding steroid dienone is 10. The molecule has 2 atom stereocenters. The van der Waals surface area contributed by atoms with Gasteiger partial charge >= 0.3 is 5.97 Å². The van der Waals surface area contributed by atoms with Crippen LogP contribution in [0.25, 0.3) is 0 Å². The highest BCUT2D eigenvalue weighted by Gasteiger charge is 2.40. The SMILES string of the molecule is CC(C)=CCC/C(C)=C/CC/C(C)=C/CC/C=C(\C)CC/C=C(\C)CCCOC1=C(O)C(=O)O[C@@H]1[C@@H](O)CO. The topological polar surface area (TPSA) is 96.2 Å². The van der Waals surface area contributed by atoms with E-state index in [4.69, 9.17) is 14.6 Å². The quantitative estimate of drug-likeness (QED) is 0.0876. The number of carbonyl (C=O) groups is 1. The lowest BCUT2D eigenvalue weighted by atomic mass is 10.0. The molecule has 0 aromatic carbocycles. The zero-order chi connectivity index (χ0) is 29.2. The van der Waals surface area contributed by atoms with Crippen molar-refractivity contribution in [2.45, 2.75) is 118 Å². The number of ether oxygens (including phenoxy) is 2. The average molecular weight is 545 g/mol. The van der Waals surface area contributed by atoms with Crippen molar-refractivity contribution in [1.82, 2.24) is 0 Å². The van der Waals surface area contributed by atoms with E-state index < -0.39 is 30.5 Å². The van der Waals surface area contributed by atoms with Crippen LogP contribution in [0.4, 0.5) is 0 Å². The minimum Gasteiger partial charge on any atom is -0.499 e. The Balaban J connectivity index is 2.26. The maximum absolute atomic E-state index is 11.5. The van der Waals surface area contributed by atoms with Gasteiger partial charge in [0, 0.05) is 0 Å². The summed E-state index contributed by atoms with van der Waals surface area (Å²) in [5.74, 6) is -1.69. The fraction of sp³-hybridized carbons (Fsp3) is 0.606. The summed E-state index contributed by atoms with van der Waals surface area (Å²) < 4.78 is 10.4. The summed E-state index contributed by atoms with van der Waals surface area (Å²) in [6.45, 7) is 12.7. The fourth-order valence-electron chi connectivity index (χ4n) is 4.24. The molecule has 6 nitrogen and oxygen atoms in total. The first kappa shape index (κ1) is 34.5. The molecular formula is C33H52O6. The number of rotatable bonds is 19. The minimum atomic E-state index is -1.33. The molecule has 0 aromatic heterocycles. The fourth-order valence-corrected chi connectivity index (χ4v) is 4.24. The predicted octanol–water partition coefficient (Wildman–Crippen LogP) is 7.70. The van der Waals surface area contributed by atoms with Crippen LogP contribution in [0.1, 0.15) is 106 Å². The summed E-state index contributed by atoms with van der Waals surface area (Å²) in [5, 5.41) is 28.6. The number of hydrogen-bond donors (Lipinski definition) is 3. The molecule has 1 aliphatic heterocycles. The third-order valence-corrected chi connectivity index (χ3v) is 6.74. The highest BCUT2D eigenvalue weighted by molar-refractivity contribution is 5.89. The smallest absolute Gasteiger partial charge is 0.378 e. The largest absolute Gasteiger partial charge is 0.499 e. The zero-order valence-electron chi connectivity index (χ0n) is 25.1. The lowest BCUT2D eigenvalue weighted by Crippen LogP contribution is -2.32. The third-order valence-electron chi connectivity index (χ3n) is 6.74. The molecule has 0 aliphatic carbocycles. The van der Waals surface area contributed by atoms with Crippen molar-refractivity contribution < 1.29 is 29.6 Å². The van der Waals surface area contributed by atoms with E-state index in [1.165, 1.54) is 27.9 Å². The standard InChI is InChI=1S/C33H52O6/c1-24(2)13-9-16-27(5)19-10-17-25(3)14-7-8-15-26(4)18-11-20-28(6)21-12-22-38-32-30(36)33(37)39-31(32)29(35)23-34/h13-15,19-20,29,31,34-36H,7-12,16-18,21-23H2,1-6H3/b25-14+,26-15+,27-19+,28-20+/t29-,31+/m0/s1. The molecule has 1 heterocycles. The van der Waals surface area contributed by atoms with Crippen LogP contribution in [0, 0.1) is 0 Å². The summed E-state index contributed by atoms with van der Waals surface area (Å²) in [6.07, 6.45) is 19.4. The number of hydrogen-bond acceptors (Lipinski definition) is 6. The van der Waals surface area contributed by atoms with E-state index in [2.05, 4.69) is 71.9 Å². The lowest BCUT2D eigenvalue weighted by molar-refractivity contribution is -0.148. The Labute approximate surface area is 236 Å². The van der Waals surface area contributed by atoms with Crippen molar-refractivity contribution in [3.8, 4) is 0 Å². The van der Waals surface area contributed by atoms with E-state index in [1.807, 2.05) is 0 Å².